The molecule has 0 aliphatic rings. The van der Waals surface area contributed by atoms with Gasteiger partial charge in [0, 0.05) is 27.4 Å². The SMILES string of the molecule is CCCCOc1ccc(NC(=O)CSc2ccc(NC(=O)/C(=C/c3ccccc3OCC)NC(=O)c3ccccc3)cc2)cc1. The smallest absolute Gasteiger partial charge is 0.272 e. The van der Waals surface area contributed by atoms with E-state index >= 15 is 0 Å². The maximum absolute atomic E-state index is 13.4. The largest absolute Gasteiger partial charge is 0.494 e. The van der Waals surface area contributed by atoms with Crippen LogP contribution < -0.4 is 25.4 Å². The lowest BCUT2D eigenvalue weighted by molar-refractivity contribution is -0.114. The molecule has 0 atom stereocenters. The number of carbonyl (C=O) groups is 3. The van der Waals surface area contributed by atoms with Crippen molar-refractivity contribution in [3.63, 3.8) is 0 Å². The number of para-hydroxylation sites is 1. The van der Waals surface area contributed by atoms with Gasteiger partial charge in [-0.2, -0.15) is 0 Å². The minimum atomic E-state index is -0.493. The molecular weight excluding hydrogens is 586 g/mol. The van der Waals surface area contributed by atoms with E-state index in [1.807, 2.05) is 67.6 Å². The van der Waals surface area contributed by atoms with Gasteiger partial charge in [0.2, 0.25) is 5.91 Å². The third-order valence-electron chi connectivity index (χ3n) is 6.43. The first-order valence-electron chi connectivity index (χ1n) is 14.8. The van der Waals surface area contributed by atoms with Gasteiger partial charge in [0.1, 0.15) is 17.2 Å². The summed E-state index contributed by atoms with van der Waals surface area (Å²) >= 11 is 1.38. The molecule has 4 aromatic rings. The summed E-state index contributed by atoms with van der Waals surface area (Å²) in [4.78, 5) is 39.7. The summed E-state index contributed by atoms with van der Waals surface area (Å²) < 4.78 is 11.4. The number of anilines is 2. The summed E-state index contributed by atoms with van der Waals surface area (Å²) in [6.07, 6.45) is 3.66. The molecule has 232 valence electrons. The molecule has 0 saturated carbocycles. The number of hydrogen-bond donors (Lipinski definition) is 3. The number of carbonyl (C=O) groups excluding carboxylic acids is 3. The lowest BCUT2D eigenvalue weighted by Gasteiger charge is -2.13. The van der Waals surface area contributed by atoms with Gasteiger partial charge in [-0.25, -0.2) is 0 Å². The third-order valence-corrected chi connectivity index (χ3v) is 7.45. The molecule has 0 aliphatic carbocycles. The zero-order valence-corrected chi connectivity index (χ0v) is 26.2. The fraction of sp³-hybridized carbons (Fsp3) is 0.194. The molecule has 9 heteroatoms. The third kappa shape index (κ3) is 10.6. The van der Waals surface area contributed by atoms with E-state index in [0.717, 1.165) is 23.5 Å². The van der Waals surface area contributed by atoms with E-state index in [1.165, 1.54) is 11.8 Å². The molecule has 3 N–H and O–H groups in total. The van der Waals surface area contributed by atoms with Gasteiger partial charge in [0.05, 0.1) is 19.0 Å². The molecule has 0 unspecified atom stereocenters. The second kappa shape index (κ2) is 17.3. The highest BCUT2D eigenvalue weighted by Crippen LogP contribution is 2.24. The average Bonchev–Trinajstić information content (AvgIpc) is 3.06. The quantitative estimate of drug-likeness (QED) is 0.0724. The first kappa shape index (κ1) is 32.9. The van der Waals surface area contributed by atoms with Crippen LogP contribution in [0.2, 0.25) is 0 Å². The number of hydrogen-bond acceptors (Lipinski definition) is 6. The Labute approximate surface area is 268 Å². The van der Waals surface area contributed by atoms with Crippen molar-refractivity contribution in [2.75, 3.05) is 29.6 Å². The maximum Gasteiger partial charge on any atom is 0.272 e. The van der Waals surface area contributed by atoms with Crippen LogP contribution in [0.3, 0.4) is 0 Å². The number of ether oxygens (including phenoxy) is 2. The summed E-state index contributed by atoms with van der Waals surface area (Å²) in [6, 6.07) is 30.5. The lowest BCUT2D eigenvalue weighted by Crippen LogP contribution is -2.30. The molecule has 0 spiro atoms. The van der Waals surface area contributed by atoms with Crippen molar-refractivity contribution < 1.29 is 23.9 Å². The fourth-order valence-corrected chi connectivity index (χ4v) is 4.83. The number of unbranched alkanes of at least 4 members (excludes halogenated alkanes) is 1. The van der Waals surface area contributed by atoms with E-state index in [9.17, 15) is 14.4 Å². The van der Waals surface area contributed by atoms with Crippen LogP contribution in [0, 0.1) is 0 Å². The molecule has 0 aromatic heterocycles. The van der Waals surface area contributed by atoms with Crippen LogP contribution in [-0.2, 0) is 9.59 Å². The van der Waals surface area contributed by atoms with Crippen molar-refractivity contribution in [1.82, 2.24) is 5.32 Å². The fourth-order valence-electron chi connectivity index (χ4n) is 4.13. The van der Waals surface area contributed by atoms with Crippen LogP contribution in [0.15, 0.2) is 114 Å². The van der Waals surface area contributed by atoms with E-state index in [2.05, 4.69) is 22.9 Å². The molecule has 0 heterocycles. The number of benzene rings is 4. The van der Waals surface area contributed by atoms with Gasteiger partial charge in [-0.3, -0.25) is 14.4 Å². The minimum Gasteiger partial charge on any atom is -0.494 e. The molecule has 3 amide bonds. The van der Waals surface area contributed by atoms with Gasteiger partial charge in [-0.15, -0.1) is 11.8 Å². The molecule has 45 heavy (non-hydrogen) atoms. The predicted molar refractivity (Wildman–Crippen MR) is 181 cm³/mol. The van der Waals surface area contributed by atoms with Crippen molar-refractivity contribution in [1.29, 1.82) is 0 Å². The Morgan fingerprint density at radius 2 is 1.42 bits per heavy atom. The Hall–Kier alpha value is -5.02. The van der Waals surface area contributed by atoms with Crippen molar-refractivity contribution in [3.05, 3.63) is 120 Å². The zero-order chi connectivity index (χ0) is 31.9. The first-order valence-corrected chi connectivity index (χ1v) is 15.8. The molecule has 0 saturated heterocycles. The van der Waals surface area contributed by atoms with E-state index in [-0.39, 0.29) is 17.4 Å². The summed E-state index contributed by atoms with van der Waals surface area (Å²) in [7, 11) is 0. The van der Waals surface area contributed by atoms with Crippen LogP contribution >= 0.6 is 11.8 Å². The monoisotopic (exact) mass is 623 g/mol. The highest BCUT2D eigenvalue weighted by molar-refractivity contribution is 8.00. The van der Waals surface area contributed by atoms with Gasteiger partial charge >= 0.3 is 0 Å². The van der Waals surface area contributed by atoms with Crippen molar-refractivity contribution >= 4 is 46.9 Å². The number of thioether (sulfide) groups is 1. The number of nitrogens with one attached hydrogen (secondary N) is 3. The summed E-state index contributed by atoms with van der Waals surface area (Å²) in [5.41, 5.74) is 2.38. The van der Waals surface area contributed by atoms with Gasteiger partial charge in [-0.05, 0) is 86.2 Å². The molecule has 4 aromatic carbocycles. The van der Waals surface area contributed by atoms with Gasteiger partial charge < -0.3 is 25.4 Å². The normalized spacial score (nSPS) is 10.9. The lowest BCUT2D eigenvalue weighted by atomic mass is 10.1. The topological polar surface area (TPSA) is 106 Å². The minimum absolute atomic E-state index is 0.0617. The Bertz CT molecular complexity index is 1590. The van der Waals surface area contributed by atoms with E-state index < -0.39 is 11.8 Å². The van der Waals surface area contributed by atoms with Gasteiger partial charge in [-0.1, -0.05) is 49.7 Å². The molecule has 0 radical (unpaired) electrons. The second-order valence-corrected chi connectivity index (χ2v) is 10.9. The van der Waals surface area contributed by atoms with Crippen LogP contribution in [0.4, 0.5) is 11.4 Å². The molecule has 0 aliphatic heterocycles. The summed E-state index contributed by atoms with van der Waals surface area (Å²) in [5, 5.41) is 8.50. The second-order valence-electron chi connectivity index (χ2n) is 9.89. The maximum atomic E-state index is 13.4. The van der Waals surface area contributed by atoms with Crippen LogP contribution in [-0.4, -0.2) is 36.7 Å². The average molecular weight is 624 g/mol. The summed E-state index contributed by atoms with van der Waals surface area (Å²) in [6.45, 7) is 5.12. The standard InChI is InChI=1S/C36H37N3O5S/c1-3-5-23-44-30-19-15-28(16-20-30)37-34(40)25-45-31-21-17-29(18-22-31)38-36(42)32(39-35(41)26-11-7-6-8-12-26)24-27-13-9-10-14-33(27)43-4-2/h6-22,24H,3-5,23,25H2,1-2H3,(H,37,40)(H,38,42)(H,39,41)/b32-24-. The van der Waals surface area contributed by atoms with Crippen molar-refractivity contribution in [3.8, 4) is 11.5 Å². The first-order chi connectivity index (χ1) is 21.9. The van der Waals surface area contributed by atoms with E-state index in [0.29, 0.717) is 41.5 Å². The molecule has 0 fully saturated rings. The van der Waals surface area contributed by atoms with E-state index in [1.54, 1.807) is 48.5 Å². The Morgan fingerprint density at radius 3 is 2.13 bits per heavy atom. The molecule has 8 nitrogen and oxygen atoms in total. The van der Waals surface area contributed by atoms with Crippen LogP contribution in [0.25, 0.3) is 6.08 Å². The van der Waals surface area contributed by atoms with E-state index in [4.69, 9.17) is 9.47 Å². The van der Waals surface area contributed by atoms with Crippen molar-refractivity contribution in [2.24, 2.45) is 0 Å². The highest BCUT2D eigenvalue weighted by atomic mass is 32.2. The molecular formula is C36H37N3O5S. The van der Waals surface area contributed by atoms with Crippen LogP contribution in [0.5, 0.6) is 11.5 Å². The highest BCUT2D eigenvalue weighted by Gasteiger charge is 2.16. The predicted octanol–water partition coefficient (Wildman–Crippen LogP) is 7.40. The van der Waals surface area contributed by atoms with Crippen LogP contribution in [0.1, 0.15) is 42.6 Å². The number of amides is 3. The Kier molecular flexibility index (Phi) is 12.7. The Morgan fingerprint density at radius 1 is 0.756 bits per heavy atom. The molecule has 4 rings (SSSR count). The Balaban J connectivity index is 1.37. The van der Waals surface area contributed by atoms with Gasteiger partial charge in [0.15, 0.2) is 0 Å². The zero-order valence-electron chi connectivity index (χ0n) is 25.4. The molecule has 0 bridgehead atoms. The number of rotatable bonds is 15. The van der Waals surface area contributed by atoms with Crippen molar-refractivity contribution in [2.45, 2.75) is 31.6 Å². The van der Waals surface area contributed by atoms with Gasteiger partial charge in [0.25, 0.3) is 11.8 Å². The summed E-state index contributed by atoms with van der Waals surface area (Å²) in [5.74, 6) is 0.559.